The molecule has 0 spiro atoms. The van der Waals surface area contributed by atoms with Crippen molar-refractivity contribution in [1.82, 2.24) is 14.9 Å². The molecule has 1 fully saturated rings. The van der Waals surface area contributed by atoms with E-state index in [9.17, 15) is 4.79 Å². The fraction of sp³-hybridized carbons (Fsp3) is 0.421. The lowest BCUT2D eigenvalue weighted by atomic mass is 9.90. The summed E-state index contributed by atoms with van der Waals surface area (Å²) in [5.74, 6) is 0.789. The zero-order chi connectivity index (χ0) is 16.1. The van der Waals surface area contributed by atoms with Gasteiger partial charge in [-0.05, 0) is 44.1 Å². The maximum absolute atomic E-state index is 12.6. The first-order valence-corrected chi connectivity index (χ1v) is 8.34. The van der Waals surface area contributed by atoms with E-state index in [0.717, 1.165) is 38.0 Å². The number of rotatable bonds is 4. The van der Waals surface area contributed by atoms with Gasteiger partial charge in [-0.2, -0.15) is 0 Å². The Labute approximate surface area is 137 Å². The van der Waals surface area contributed by atoms with Crippen LogP contribution in [0.15, 0.2) is 42.9 Å². The third-order valence-corrected chi connectivity index (χ3v) is 4.73. The van der Waals surface area contributed by atoms with Crippen LogP contribution in [0.5, 0.6) is 0 Å². The van der Waals surface area contributed by atoms with Gasteiger partial charge in [0.15, 0.2) is 0 Å². The molecule has 1 amide bonds. The standard InChI is InChI=1S/C19H23N3O/c1-15-18(13-20-14-21-15)19(23)22-11-9-17(10-12-22)8-7-16-5-3-2-4-6-16/h2-6,13-14,17H,7-12H2,1H3. The average Bonchev–Trinajstić information content (AvgIpc) is 2.61. The Morgan fingerprint density at radius 1 is 1.22 bits per heavy atom. The van der Waals surface area contributed by atoms with Crippen molar-refractivity contribution in [3.8, 4) is 0 Å². The Hall–Kier alpha value is -2.23. The maximum Gasteiger partial charge on any atom is 0.257 e. The minimum atomic E-state index is 0.0737. The van der Waals surface area contributed by atoms with Crippen molar-refractivity contribution in [2.45, 2.75) is 32.6 Å². The van der Waals surface area contributed by atoms with Gasteiger partial charge in [0.2, 0.25) is 0 Å². The van der Waals surface area contributed by atoms with Crippen molar-refractivity contribution in [1.29, 1.82) is 0 Å². The third-order valence-electron chi connectivity index (χ3n) is 4.73. The van der Waals surface area contributed by atoms with E-state index in [2.05, 4.69) is 40.3 Å². The SMILES string of the molecule is Cc1ncncc1C(=O)N1CCC(CCc2ccccc2)CC1. The lowest BCUT2D eigenvalue weighted by Crippen LogP contribution is -2.39. The molecule has 2 heterocycles. The molecule has 0 aliphatic carbocycles. The lowest BCUT2D eigenvalue weighted by molar-refractivity contribution is 0.0685. The molecule has 4 nitrogen and oxygen atoms in total. The number of carbonyl (C=O) groups excluding carboxylic acids is 1. The number of amides is 1. The van der Waals surface area contributed by atoms with E-state index in [0.29, 0.717) is 11.5 Å². The molecular weight excluding hydrogens is 286 g/mol. The highest BCUT2D eigenvalue weighted by atomic mass is 16.2. The van der Waals surface area contributed by atoms with Gasteiger partial charge in [-0.3, -0.25) is 4.79 Å². The van der Waals surface area contributed by atoms with Crippen LogP contribution in [0.1, 0.15) is 40.9 Å². The van der Waals surface area contributed by atoms with E-state index in [1.807, 2.05) is 11.8 Å². The van der Waals surface area contributed by atoms with Crippen LogP contribution < -0.4 is 0 Å². The molecule has 0 radical (unpaired) electrons. The zero-order valence-corrected chi connectivity index (χ0v) is 13.6. The zero-order valence-electron chi connectivity index (χ0n) is 13.6. The topological polar surface area (TPSA) is 46.1 Å². The molecule has 0 saturated carbocycles. The summed E-state index contributed by atoms with van der Waals surface area (Å²) in [7, 11) is 0. The van der Waals surface area contributed by atoms with Gasteiger partial charge in [0.05, 0.1) is 11.3 Å². The first kappa shape index (κ1) is 15.7. The molecule has 1 aliphatic rings. The number of nitrogens with zero attached hydrogens (tertiary/aromatic N) is 3. The molecule has 0 unspecified atom stereocenters. The second-order valence-electron chi connectivity index (χ2n) is 6.28. The van der Waals surface area contributed by atoms with Gasteiger partial charge in [0.25, 0.3) is 5.91 Å². The van der Waals surface area contributed by atoms with Crippen LogP contribution in [0, 0.1) is 12.8 Å². The Morgan fingerprint density at radius 3 is 2.65 bits per heavy atom. The van der Waals surface area contributed by atoms with E-state index in [1.54, 1.807) is 6.20 Å². The average molecular weight is 309 g/mol. The second kappa shape index (κ2) is 7.36. The van der Waals surface area contributed by atoms with E-state index < -0.39 is 0 Å². The van der Waals surface area contributed by atoms with Crippen molar-refractivity contribution in [3.63, 3.8) is 0 Å². The van der Waals surface area contributed by atoms with Crippen molar-refractivity contribution in [2.24, 2.45) is 5.92 Å². The monoisotopic (exact) mass is 309 g/mol. The minimum absolute atomic E-state index is 0.0737. The number of hydrogen-bond donors (Lipinski definition) is 0. The number of piperidine rings is 1. The van der Waals surface area contributed by atoms with Gasteiger partial charge in [-0.25, -0.2) is 9.97 Å². The Morgan fingerprint density at radius 2 is 1.96 bits per heavy atom. The van der Waals surface area contributed by atoms with E-state index in [1.165, 1.54) is 18.3 Å². The summed E-state index contributed by atoms with van der Waals surface area (Å²) in [6, 6.07) is 10.6. The Kier molecular flexibility index (Phi) is 5.01. The van der Waals surface area contributed by atoms with E-state index in [4.69, 9.17) is 0 Å². The summed E-state index contributed by atoms with van der Waals surface area (Å²) in [5, 5.41) is 0. The van der Waals surface area contributed by atoms with Crippen LogP contribution >= 0.6 is 0 Å². The molecule has 23 heavy (non-hydrogen) atoms. The van der Waals surface area contributed by atoms with Crippen molar-refractivity contribution >= 4 is 5.91 Å². The number of aryl methyl sites for hydroxylation is 2. The molecule has 1 aromatic carbocycles. The van der Waals surface area contributed by atoms with Crippen LogP contribution in [0.2, 0.25) is 0 Å². The molecule has 4 heteroatoms. The molecule has 3 rings (SSSR count). The van der Waals surface area contributed by atoms with Crippen molar-refractivity contribution < 1.29 is 4.79 Å². The van der Waals surface area contributed by atoms with Crippen molar-refractivity contribution in [2.75, 3.05) is 13.1 Å². The summed E-state index contributed by atoms with van der Waals surface area (Å²) in [6.45, 7) is 3.54. The van der Waals surface area contributed by atoms with Crippen molar-refractivity contribution in [3.05, 3.63) is 59.7 Å². The van der Waals surface area contributed by atoms with Crippen LogP contribution in [-0.4, -0.2) is 33.9 Å². The fourth-order valence-electron chi connectivity index (χ4n) is 3.21. The molecule has 1 aliphatic heterocycles. The van der Waals surface area contributed by atoms with Crippen LogP contribution in [-0.2, 0) is 6.42 Å². The molecule has 1 saturated heterocycles. The summed E-state index contributed by atoms with van der Waals surface area (Å²) in [5.41, 5.74) is 2.80. The largest absolute Gasteiger partial charge is 0.339 e. The normalized spacial score (nSPS) is 15.6. The van der Waals surface area contributed by atoms with Gasteiger partial charge in [-0.1, -0.05) is 30.3 Å². The van der Waals surface area contributed by atoms with Gasteiger partial charge in [0, 0.05) is 19.3 Å². The highest BCUT2D eigenvalue weighted by Crippen LogP contribution is 2.23. The summed E-state index contributed by atoms with van der Waals surface area (Å²) >= 11 is 0. The third kappa shape index (κ3) is 3.95. The molecule has 120 valence electrons. The Bertz CT molecular complexity index is 649. The van der Waals surface area contributed by atoms with Gasteiger partial charge in [-0.15, -0.1) is 0 Å². The van der Waals surface area contributed by atoms with Crippen LogP contribution in [0.25, 0.3) is 0 Å². The van der Waals surface area contributed by atoms with E-state index in [-0.39, 0.29) is 5.91 Å². The van der Waals surface area contributed by atoms with Crippen LogP contribution in [0.3, 0.4) is 0 Å². The first-order chi connectivity index (χ1) is 11.2. The fourth-order valence-corrected chi connectivity index (χ4v) is 3.21. The molecule has 0 atom stereocenters. The predicted octanol–water partition coefficient (Wildman–Crippen LogP) is 3.27. The molecule has 0 N–H and O–H groups in total. The minimum Gasteiger partial charge on any atom is -0.339 e. The molecular formula is C19H23N3O. The first-order valence-electron chi connectivity index (χ1n) is 8.34. The van der Waals surface area contributed by atoms with Crippen LogP contribution in [0.4, 0.5) is 0 Å². The maximum atomic E-state index is 12.6. The number of aromatic nitrogens is 2. The Balaban J connectivity index is 1.50. The van der Waals surface area contributed by atoms with Gasteiger partial charge in [0.1, 0.15) is 6.33 Å². The summed E-state index contributed by atoms with van der Waals surface area (Å²) < 4.78 is 0. The lowest BCUT2D eigenvalue weighted by Gasteiger charge is -2.32. The smallest absolute Gasteiger partial charge is 0.257 e. The van der Waals surface area contributed by atoms with Gasteiger partial charge >= 0.3 is 0 Å². The number of carbonyl (C=O) groups is 1. The predicted molar refractivity (Wildman–Crippen MR) is 90.2 cm³/mol. The quantitative estimate of drug-likeness (QED) is 0.871. The molecule has 0 bridgehead atoms. The highest BCUT2D eigenvalue weighted by Gasteiger charge is 2.24. The summed E-state index contributed by atoms with van der Waals surface area (Å²) in [4.78, 5) is 22.6. The molecule has 2 aromatic rings. The molecule has 1 aromatic heterocycles. The second-order valence-corrected chi connectivity index (χ2v) is 6.28. The summed E-state index contributed by atoms with van der Waals surface area (Å²) in [6.07, 6.45) is 7.63. The van der Waals surface area contributed by atoms with Gasteiger partial charge < -0.3 is 4.90 Å². The highest BCUT2D eigenvalue weighted by molar-refractivity contribution is 5.94. The number of hydrogen-bond acceptors (Lipinski definition) is 3. The van der Waals surface area contributed by atoms with E-state index >= 15 is 0 Å². The number of benzene rings is 1. The number of likely N-dealkylation sites (tertiary alicyclic amines) is 1.